The van der Waals surface area contributed by atoms with E-state index in [1.54, 1.807) is 14.0 Å². The zero-order valence-corrected chi connectivity index (χ0v) is 13.2. The number of aliphatic hydroxyl groups is 1. The van der Waals surface area contributed by atoms with E-state index in [1.165, 1.54) is 4.90 Å². The van der Waals surface area contributed by atoms with Gasteiger partial charge in [-0.05, 0) is 19.8 Å². The van der Waals surface area contributed by atoms with Crippen molar-refractivity contribution in [3.63, 3.8) is 0 Å². The van der Waals surface area contributed by atoms with Crippen molar-refractivity contribution in [2.45, 2.75) is 58.2 Å². The van der Waals surface area contributed by atoms with Crippen molar-refractivity contribution in [3.8, 4) is 0 Å². The molecule has 0 saturated heterocycles. The van der Waals surface area contributed by atoms with Crippen LogP contribution in [-0.4, -0.2) is 50.5 Å². The van der Waals surface area contributed by atoms with Gasteiger partial charge < -0.3 is 15.3 Å². The number of aryl methyl sites for hydroxylation is 1. The number of carbonyl (C=O) groups excluding carboxylic acids is 1. The Bertz CT molecular complexity index is 498. The molecule has 0 aliphatic carbocycles. The van der Waals surface area contributed by atoms with E-state index in [-0.39, 0.29) is 18.0 Å². The summed E-state index contributed by atoms with van der Waals surface area (Å²) >= 11 is 0. The van der Waals surface area contributed by atoms with Gasteiger partial charge in [-0.15, -0.1) is 0 Å². The second-order valence-corrected chi connectivity index (χ2v) is 6.08. The molecule has 2 atom stereocenters. The first-order chi connectivity index (χ1) is 9.88. The zero-order chi connectivity index (χ0) is 15.6. The van der Waals surface area contributed by atoms with Crippen LogP contribution in [0.25, 0.3) is 0 Å². The van der Waals surface area contributed by atoms with Gasteiger partial charge in [0.2, 0.25) is 0 Å². The smallest absolute Gasteiger partial charge is 0.317 e. The van der Waals surface area contributed by atoms with Crippen LogP contribution < -0.4 is 5.32 Å². The molecule has 2 unspecified atom stereocenters. The lowest BCUT2D eigenvalue weighted by atomic mass is 10.1. The predicted octanol–water partition coefficient (Wildman–Crippen LogP) is 1.26. The lowest BCUT2D eigenvalue weighted by molar-refractivity contribution is 0.141. The van der Waals surface area contributed by atoms with Crippen LogP contribution in [0.1, 0.15) is 57.2 Å². The molecule has 0 aromatic carbocycles. The van der Waals surface area contributed by atoms with Gasteiger partial charge in [0.25, 0.3) is 0 Å². The maximum Gasteiger partial charge on any atom is 0.317 e. The Balaban J connectivity index is 2.07. The third-order valence-electron chi connectivity index (χ3n) is 3.59. The Hall–Kier alpha value is -1.63. The van der Waals surface area contributed by atoms with E-state index in [4.69, 9.17) is 0 Å². The van der Waals surface area contributed by atoms with Gasteiger partial charge in [-0.25, -0.2) is 14.5 Å². The molecule has 7 nitrogen and oxygen atoms in total. The average Bonchev–Trinajstić information content (AvgIpc) is 2.83. The van der Waals surface area contributed by atoms with Gasteiger partial charge >= 0.3 is 6.03 Å². The second kappa shape index (κ2) is 6.43. The molecule has 0 spiro atoms. The highest BCUT2D eigenvalue weighted by atomic mass is 16.3. The van der Waals surface area contributed by atoms with E-state index in [9.17, 15) is 9.90 Å². The summed E-state index contributed by atoms with van der Waals surface area (Å²) in [5.41, 5.74) is 0. The number of amides is 2. The zero-order valence-electron chi connectivity index (χ0n) is 13.2. The Morgan fingerprint density at radius 2 is 2.24 bits per heavy atom. The first-order valence-corrected chi connectivity index (χ1v) is 7.52. The molecule has 0 saturated carbocycles. The number of aromatic nitrogens is 3. The molecule has 1 aliphatic heterocycles. The van der Waals surface area contributed by atoms with Gasteiger partial charge in [-0.1, -0.05) is 13.8 Å². The number of aliphatic hydroxyl groups excluding tert-OH is 1. The van der Waals surface area contributed by atoms with E-state index < -0.39 is 6.10 Å². The lowest BCUT2D eigenvalue weighted by Gasteiger charge is -2.26. The molecule has 2 N–H and O–H groups in total. The average molecular weight is 295 g/mol. The first-order valence-electron chi connectivity index (χ1n) is 7.52. The first kappa shape index (κ1) is 15.8. The number of fused-ring (bicyclic) bond motifs is 1. The molecule has 0 radical (unpaired) electrons. The third-order valence-corrected chi connectivity index (χ3v) is 3.59. The molecule has 21 heavy (non-hydrogen) atoms. The van der Waals surface area contributed by atoms with E-state index >= 15 is 0 Å². The maximum absolute atomic E-state index is 12.1. The summed E-state index contributed by atoms with van der Waals surface area (Å²) in [6.07, 6.45) is 1.30. The van der Waals surface area contributed by atoms with Crippen molar-refractivity contribution in [1.29, 1.82) is 0 Å². The summed E-state index contributed by atoms with van der Waals surface area (Å²) in [5.74, 6) is 1.93. The van der Waals surface area contributed by atoms with Crippen LogP contribution in [0.2, 0.25) is 0 Å². The fourth-order valence-corrected chi connectivity index (χ4v) is 2.49. The monoisotopic (exact) mass is 295 g/mol. The highest BCUT2D eigenvalue weighted by Gasteiger charge is 2.27. The summed E-state index contributed by atoms with van der Waals surface area (Å²) in [4.78, 5) is 18.2. The van der Waals surface area contributed by atoms with Gasteiger partial charge in [0.05, 0.1) is 12.1 Å². The number of carbonyl (C=O) groups is 1. The minimum atomic E-state index is -0.539. The summed E-state index contributed by atoms with van der Waals surface area (Å²) in [6, 6.07) is -0.300. The van der Waals surface area contributed by atoms with E-state index in [1.807, 2.05) is 4.68 Å². The summed E-state index contributed by atoms with van der Waals surface area (Å²) in [7, 11) is 1.68. The number of hydrogen-bond acceptors (Lipinski definition) is 4. The minimum Gasteiger partial charge on any atom is -0.392 e. The van der Waals surface area contributed by atoms with E-state index in [0.717, 1.165) is 31.0 Å². The van der Waals surface area contributed by atoms with Crippen LogP contribution in [0, 0.1) is 0 Å². The number of nitrogens with zero attached hydrogens (tertiary/aromatic N) is 4. The van der Waals surface area contributed by atoms with Crippen LogP contribution in [-0.2, 0) is 6.54 Å². The SMILES string of the molecule is CC(O)CN(C)C(=O)NC1CCCn2nc(C(C)C)nc21. The number of hydrogen-bond donors (Lipinski definition) is 2. The molecule has 2 heterocycles. The normalized spacial score (nSPS) is 19.2. The summed E-state index contributed by atoms with van der Waals surface area (Å²) < 4.78 is 1.90. The van der Waals surface area contributed by atoms with Crippen LogP contribution in [0.4, 0.5) is 4.79 Å². The Kier molecular flexibility index (Phi) is 4.82. The topological polar surface area (TPSA) is 83.3 Å². The number of nitrogens with one attached hydrogen (secondary N) is 1. The third kappa shape index (κ3) is 3.72. The van der Waals surface area contributed by atoms with Crippen LogP contribution in [0.5, 0.6) is 0 Å². The van der Waals surface area contributed by atoms with Crippen molar-refractivity contribution < 1.29 is 9.90 Å². The highest BCUT2D eigenvalue weighted by Crippen LogP contribution is 2.24. The molecular weight excluding hydrogens is 270 g/mol. The second-order valence-electron chi connectivity index (χ2n) is 6.08. The molecule has 2 rings (SSSR count). The molecule has 1 aromatic rings. The Morgan fingerprint density at radius 3 is 2.86 bits per heavy atom. The fraction of sp³-hybridized carbons (Fsp3) is 0.786. The van der Waals surface area contributed by atoms with Gasteiger partial charge in [-0.3, -0.25) is 0 Å². The minimum absolute atomic E-state index is 0.109. The van der Waals surface area contributed by atoms with Crippen LogP contribution >= 0.6 is 0 Å². The van der Waals surface area contributed by atoms with Crippen molar-refractivity contribution in [2.75, 3.05) is 13.6 Å². The number of urea groups is 1. The molecule has 1 aliphatic rings. The fourth-order valence-electron chi connectivity index (χ4n) is 2.49. The summed E-state index contributed by atoms with van der Waals surface area (Å²) in [6.45, 7) is 6.94. The molecule has 0 fully saturated rings. The lowest BCUT2D eigenvalue weighted by Crippen LogP contribution is -2.43. The molecular formula is C14H25N5O2. The number of rotatable bonds is 4. The molecule has 2 amide bonds. The predicted molar refractivity (Wildman–Crippen MR) is 78.9 cm³/mol. The van der Waals surface area contributed by atoms with Gasteiger partial charge in [-0.2, -0.15) is 5.10 Å². The van der Waals surface area contributed by atoms with Crippen LogP contribution in [0.15, 0.2) is 0 Å². The van der Waals surface area contributed by atoms with Crippen LogP contribution in [0.3, 0.4) is 0 Å². The highest BCUT2D eigenvalue weighted by molar-refractivity contribution is 5.74. The quantitative estimate of drug-likeness (QED) is 0.876. The van der Waals surface area contributed by atoms with Gasteiger partial charge in [0.15, 0.2) is 5.82 Å². The van der Waals surface area contributed by atoms with E-state index in [0.29, 0.717) is 6.54 Å². The summed E-state index contributed by atoms with van der Waals surface area (Å²) in [5, 5.41) is 16.8. The molecule has 7 heteroatoms. The Morgan fingerprint density at radius 1 is 1.52 bits per heavy atom. The largest absolute Gasteiger partial charge is 0.392 e. The van der Waals surface area contributed by atoms with Gasteiger partial charge in [0.1, 0.15) is 5.82 Å². The van der Waals surface area contributed by atoms with Crippen molar-refractivity contribution in [2.24, 2.45) is 0 Å². The van der Waals surface area contributed by atoms with Crippen molar-refractivity contribution >= 4 is 6.03 Å². The van der Waals surface area contributed by atoms with Gasteiger partial charge in [0, 0.05) is 26.1 Å². The molecule has 0 bridgehead atoms. The molecule has 118 valence electrons. The van der Waals surface area contributed by atoms with Crippen molar-refractivity contribution in [1.82, 2.24) is 25.0 Å². The van der Waals surface area contributed by atoms with Crippen molar-refractivity contribution in [3.05, 3.63) is 11.6 Å². The maximum atomic E-state index is 12.1. The standard InChI is InChI=1S/C14H25N5O2/c1-9(2)12-16-13-11(6-5-7-19(13)17-12)15-14(21)18(4)8-10(3)20/h9-11,20H,5-8H2,1-4H3,(H,15,21). The number of likely N-dealkylation sites (N-methyl/N-ethyl adjacent to an activating group) is 1. The molecule has 1 aromatic heterocycles. The van der Waals surface area contributed by atoms with E-state index in [2.05, 4.69) is 29.2 Å². The Labute approximate surface area is 125 Å².